The van der Waals surface area contributed by atoms with Crippen LogP contribution in [-0.2, 0) is 0 Å². The van der Waals surface area contributed by atoms with E-state index in [0.717, 1.165) is 163 Å². The van der Waals surface area contributed by atoms with E-state index in [1.165, 1.54) is 0 Å². The minimum atomic E-state index is 0.540. The smallest absolute Gasteiger partial charge is 0.167 e. The van der Waals surface area contributed by atoms with Gasteiger partial charge in [0.2, 0.25) is 0 Å². The molecule has 0 amide bonds. The Bertz CT molecular complexity index is 6340. The number of hydrogen-bond donors (Lipinski definition) is 0. The van der Waals surface area contributed by atoms with Crippen LogP contribution >= 0.6 is 22.7 Å². The zero-order valence-electron chi connectivity index (χ0n) is 49.4. The average molecular weight is 1250 g/mol. The average Bonchev–Trinajstić information content (AvgIpc) is 1.59. The third-order valence-electron chi connectivity index (χ3n) is 17.2. The van der Waals surface area contributed by atoms with Crippen LogP contribution in [0.4, 0.5) is 0 Å². The fourth-order valence-electron chi connectivity index (χ4n) is 12.8. The molecule has 8 heterocycles. The highest BCUT2D eigenvalue weighted by molar-refractivity contribution is 7.22. The van der Waals surface area contributed by atoms with Crippen LogP contribution in [0, 0.1) is 0 Å². The second kappa shape index (κ2) is 21.7. The van der Waals surface area contributed by atoms with E-state index in [1.54, 1.807) is 22.7 Å². The van der Waals surface area contributed by atoms with Gasteiger partial charge in [0.1, 0.15) is 54.7 Å². The van der Waals surface area contributed by atoms with Crippen molar-refractivity contribution >= 4 is 131 Å². The summed E-state index contributed by atoms with van der Waals surface area (Å²) in [6.45, 7) is 0. The van der Waals surface area contributed by atoms with Crippen molar-refractivity contribution in [1.82, 2.24) is 39.9 Å². The number of aromatic nitrogens is 8. The summed E-state index contributed by atoms with van der Waals surface area (Å²) in [6, 6.07) is 89.4. The molecule has 0 N–H and O–H groups in total. The van der Waals surface area contributed by atoms with Gasteiger partial charge in [-0.05, 0) is 78.9 Å². The van der Waals surface area contributed by atoms with Crippen molar-refractivity contribution in [2.45, 2.75) is 0 Å². The maximum atomic E-state index is 6.60. The summed E-state index contributed by atoms with van der Waals surface area (Å²) in [5.74, 6) is 3.40. The van der Waals surface area contributed by atoms with Crippen LogP contribution in [0.15, 0.2) is 285 Å². The molecule has 12 aromatic carbocycles. The van der Waals surface area contributed by atoms with Crippen molar-refractivity contribution in [3.63, 3.8) is 0 Å². The monoisotopic (exact) mass is 1240 g/mol. The summed E-state index contributed by atoms with van der Waals surface area (Å²) in [4.78, 5) is 40.2. The van der Waals surface area contributed by atoms with Gasteiger partial charge >= 0.3 is 0 Å². The van der Waals surface area contributed by atoms with Gasteiger partial charge in [0.25, 0.3) is 0 Å². The van der Waals surface area contributed by atoms with Gasteiger partial charge in [-0.1, -0.05) is 188 Å². The van der Waals surface area contributed by atoms with E-state index in [0.29, 0.717) is 34.9 Å². The number of fused-ring (bicyclic) bond motifs is 14. The lowest BCUT2D eigenvalue weighted by atomic mass is 10.0. The third-order valence-corrected chi connectivity index (χ3v) is 19.3. The maximum absolute atomic E-state index is 6.60. The fourth-order valence-corrected chi connectivity index (χ4v) is 14.8. The Labute approximate surface area is 541 Å². The lowest BCUT2D eigenvalue weighted by Gasteiger charge is -2.09. The number of thiazole rings is 2. The summed E-state index contributed by atoms with van der Waals surface area (Å²) < 4.78 is 28.1. The minimum absolute atomic E-state index is 0.540. The second-order valence-corrected chi connectivity index (χ2v) is 24.9. The van der Waals surface area contributed by atoms with Gasteiger partial charge in [0, 0.05) is 70.9 Å². The van der Waals surface area contributed by atoms with E-state index >= 15 is 0 Å². The topological polar surface area (TPSA) is 156 Å². The minimum Gasteiger partial charge on any atom is -0.456 e. The van der Waals surface area contributed by atoms with Crippen LogP contribution in [0.25, 0.3) is 198 Å². The molecular weight excluding hydrogens is 1200 g/mol. The van der Waals surface area contributed by atoms with E-state index in [4.69, 9.17) is 57.5 Å². The summed E-state index contributed by atoms with van der Waals surface area (Å²) in [7, 11) is 0. The molecular formula is C80H44N8O4S2. The maximum Gasteiger partial charge on any atom is 0.167 e. The molecule has 0 fully saturated rings. The number of benzene rings is 12. The quantitative estimate of drug-likeness (QED) is 0.142. The molecule has 0 radical (unpaired) electrons. The molecule has 20 rings (SSSR count). The molecule has 0 spiro atoms. The van der Waals surface area contributed by atoms with Gasteiger partial charge < -0.3 is 17.7 Å². The molecule has 94 heavy (non-hydrogen) atoms. The first kappa shape index (κ1) is 53.5. The molecule has 440 valence electrons. The molecule has 0 bridgehead atoms. The zero-order chi connectivity index (χ0) is 61.8. The van der Waals surface area contributed by atoms with Crippen LogP contribution in [0.5, 0.6) is 0 Å². The highest BCUT2D eigenvalue weighted by Gasteiger charge is 2.25. The molecule has 0 atom stereocenters. The van der Waals surface area contributed by atoms with Crippen molar-refractivity contribution in [3.8, 4) is 89.5 Å². The predicted octanol–water partition coefficient (Wildman–Crippen LogP) is 21.9. The van der Waals surface area contributed by atoms with Gasteiger partial charge in [0.05, 0.1) is 37.1 Å². The van der Waals surface area contributed by atoms with Crippen LogP contribution in [-0.4, -0.2) is 39.9 Å². The standard InChI is InChI=1S/2C40H22N4O2S/c1-2-11-23(12-3-1)37-42-38(44-39(43-37)28-17-8-14-25-24-13-4-6-20-31(24)45-35(25)28)27-16-10-21-32-34(27)26-15-9-18-29(36(26)46-32)40-41-30-19-5-7-22-33(30)47-40;1-2-10-23(11-3-1)37-42-38(24-20-21-26-25-12-4-6-17-31(25)45-33(26)22-24)44-39(43-37)28-14-9-18-32-35(28)27-13-8-15-29(36(27)46-32)40-41-30-16-5-7-19-34(30)47-40/h2*1-22H. The van der Waals surface area contributed by atoms with Gasteiger partial charge in [-0.3, -0.25) is 0 Å². The molecule has 0 unspecified atom stereocenters. The molecule has 8 aromatic heterocycles. The number of para-hydroxylation sites is 7. The Morgan fingerprint density at radius 3 is 1.16 bits per heavy atom. The predicted molar refractivity (Wildman–Crippen MR) is 379 cm³/mol. The first-order valence-corrected chi connectivity index (χ1v) is 32.2. The van der Waals surface area contributed by atoms with Crippen molar-refractivity contribution in [3.05, 3.63) is 267 Å². The van der Waals surface area contributed by atoms with Crippen molar-refractivity contribution in [1.29, 1.82) is 0 Å². The summed E-state index contributed by atoms with van der Waals surface area (Å²) >= 11 is 3.33. The second-order valence-electron chi connectivity index (χ2n) is 22.8. The number of nitrogens with zero attached hydrogens (tertiary/aromatic N) is 8. The largest absolute Gasteiger partial charge is 0.456 e. The molecule has 12 nitrogen and oxygen atoms in total. The molecule has 14 heteroatoms. The molecule has 0 aliphatic heterocycles. The van der Waals surface area contributed by atoms with Crippen molar-refractivity contribution in [2.24, 2.45) is 0 Å². The number of hydrogen-bond acceptors (Lipinski definition) is 14. The van der Waals surface area contributed by atoms with E-state index < -0.39 is 0 Å². The van der Waals surface area contributed by atoms with Crippen LogP contribution < -0.4 is 0 Å². The SMILES string of the molecule is c1ccc(-c2nc(-c3ccc4c(c3)oc3ccccc34)nc(-c3cccc4oc5c(-c6nc7ccccc7s6)cccc5c34)n2)cc1.c1ccc(-c2nc(-c3cccc4c3oc3ccccc34)nc(-c3cccc4oc5c(-c6nc7ccccc7s6)cccc5c34)n2)cc1. The normalized spacial score (nSPS) is 11.8. The Morgan fingerprint density at radius 1 is 0.223 bits per heavy atom. The fraction of sp³-hybridized carbons (Fsp3) is 0. The van der Waals surface area contributed by atoms with Crippen LogP contribution in [0.2, 0.25) is 0 Å². The lowest BCUT2D eigenvalue weighted by Crippen LogP contribution is -2.00. The lowest BCUT2D eigenvalue weighted by molar-refractivity contribution is 0.669. The van der Waals surface area contributed by atoms with Crippen LogP contribution in [0.3, 0.4) is 0 Å². The summed E-state index contributed by atoms with van der Waals surface area (Å²) in [5.41, 5.74) is 15.4. The first-order valence-electron chi connectivity index (χ1n) is 30.6. The van der Waals surface area contributed by atoms with E-state index in [2.05, 4.69) is 91.0 Å². The summed E-state index contributed by atoms with van der Waals surface area (Å²) in [6.07, 6.45) is 0. The summed E-state index contributed by atoms with van der Waals surface area (Å²) in [5, 5.41) is 9.93. The Hall–Kier alpha value is -12.4. The number of furan rings is 4. The number of rotatable bonds is 8. The zero-order valence-corrected chi connectivity index (χ0v) is 51.1. The van der Waals surface area contributed by atoms with E-state index in [-0.39, 0.29) is 0 Å². The van der Waals surface area contributed by atoms with E-state index in [9.17, 15) is 0 Å². The van der Waals surface area contributed by atoms with Gasteiger partial charge in [-0.15, -0.1) is 22.7 Å². The molecule has 20 aromatic rings. The molecule has 0 saturated heterocycles. The van der Waals surface area contributed by atoms with E-state index in [1.807, 2.05) is 176 Å². The van der Waals surface area contributed by atoms with Crippen LogP contribution in [0.1, 0.15) is 0 Å². The van der Waals surface area contributed by atoms with Crippen molar-refractivity contribution < 1.29 is 17.7 Å². The molecule has 0 saturated carbocycles. The highest BCUT2D eigenvalue weighted by atomic mass is 32.1. The van der Waals surface area contributed by atoms with Crippen molar-refractivity contribution in [2.75, 3.05) is 0 Å². The highest BCUT2D eigenvalue weighted by Crippen LogP contribution is 2.45. The third kappa shape index (κ3) is 8.95. The molecule has 0 aliphatic rings. The Balaban J connectivity index is 0.000000133. The first-order chi connectivity index (χ1) is 46.5. The van der Waals surface area contributed by atoms with Gasteiger partial charge in [-0.2, -0.15) is 0 Å². The molecule has 0 aliphatic carbocycles. The van der Waals surface area contributed by atoms with Gasteiger partial charge in [-0.25, -0.2) is 39.9 Å². The Kier molecular flexibility index (Phi) is 12.3. The Morgan fingerprint density at radius 2 is 0.596 bits per heavy atom. The van der Waals surface area contributed by atoms with Gasteiger partial charge in [0.15, 0.2) is 34.9 Å².